The number of aliphatic hydroxyl groups is 5. The van der Waals surface area contributed by atoms with Gasteiger partial charge in [0.1, 0.15) is 0 Å². The first-order chi connectivity index (χ1) is 8.66. The largest absolute Gasteiger partial charge is 0.394 e. The van der Waals surface area contributed by atoms with Gasteiger partial charge in [-0.25, -0.2) is 0 Å². The van der Waals surface area contributed by atoms with E-state index in [1.165, 1.54) is 0 Å². The molecule has 0 saturated carbocycles. The van der Waals surface area contributed by atoms with Crippen LogP contribution in [0.4, 0.5) is 0 Å². The fraction of sp³-hybridized carbons (Fsp3) is 1.00. The molecule has 0 aromatic rings. The van der Waals surface area contributed by atoms with E-state index in [0.717, 1.165) is 0 Å². The lowest BCUT2D eigenvalue weighted by molar-refractivity contribution is 0.215. The zero-order valence-corrected chi connectivity index (χ0v) is 15.1. The van der Waals surface area contributed by atoms with Crippen molar-refractivity contribution in [3.05, 3.63) is 0 Å². The van der Waals surface area contributed by atoms with Crippen molar-refractivity contribution in [3.8, 4) is 0 Å². The van der Waals surface area contributed by atoms with Crippen LogP contribution in [0.15, 0.2) is 0 Å². The number of rotatable bonds is 0. The first-order valence-electron chi connectivity index (χ1n) is 7.06. The van der Waals surface area contributed by atoms with E-state index in [1.54, 1.807) is 69.2 Å². The minimum Gasteiger partial charge on any atom is -0.394 e. The van der Waals surface area contributed by atoms with Gasteiger partial charge < -0.3 is 25.5 Å². The van der Waals surface area contributed by atoms with Crippen LogP contribution in [-0.2, 0) is 0 Å². The summed E-state index contributed by atoms with van der Waals surface area (Å²) in [7, 11) is 0. The van der Waals surface area contributed by atoms with Gasteiger partial charge in [0, 0.05) is 30.5 Å². The molecule has 5 nitrogen and oxygen atoms in total. The molecule has 0 bridgehead atoms. The maximum absolute atomic E-state index is 8.06. The van der Waals surface area contributed by atoms with Crippen molar-refractivity contribution in [2.45, 2.75) is 99.8 Å². The quantitative estimate of drug-likeness (QED) is 0.470. The molecule has 0 amide bonds. The molecule has 0 aromatic heterocycles. The first kappa shape index (κ1) is 31.9. The highest BCUT2D eigenvalue weighted by Gasteiger charge is 1.70. The summed E-state index contributed by atoms with van der Waals surface area (Å²) < 4.78 is 0. The molecule has 0 aliphatic carbocycles. The Balaban J connectivity index is -0.0000000469. The third-order valence-corrected chi connectivity index (χ3v) is 0. The lowest BCUT2D eigenvalue weighted by Gasteiger charge is -1.80. The van der Waals surface area contributed by atoms with Crippen molar-refractivity contribution in [2.75, 3.05) is 0 Å². The van der Waals surface area contributed by atoms with Crippen molar-refractivity contribution in [2.24, 2.45) is 0 Å². The normalized spacial score (nSPS) is 9.00. The minimum absolute atomic E-state index is 0.167. The van der Waals surface area contributed by atoms with E-state index < -0.39 is 0 Å². The number of hydrogen-bond donors (Lipinski definition) is 5. The van der Waals surface area contributed by atoms with Crippen LogP contribution >= 0.6 is 0 Å². The zero-order chi connectivity index (χ0) is 17.9. The van der Waals surface area contributed by atoms with Gasteiger partial charge in [-0.2, -0.15) is 0 Å². The molecule has 5 heteroatoms. The summed E-state index contributed by atoms with van der Waals surface area (Å²) >= 11 is 0. The smallest absolute Gasteiger partial charge is 0.0483 e. The molecule has 0 aliphatic rings. The molecule has 0 aliphatic heterocycles. The van der Waals surface area contributed by atoms with Gasteiger partial charge in [0.15, 0.2) is 0 Å². The van der Waals surface area contributed by atoms with Gasteiger partial charge >= 0.3 is 0 Å². The van der Waals surface area contributed by atoms with Gasteiger partial charge in [-0.05, 0) is 69.2 Å². The van der Waals surface area contributed by atoms with Crippen LogP contribution in [0.25, 0.3) is 0 Å². The lowest BCUT2D eigenvalue weighted by atomic mass is 10.5. The highest BCUT2D eigenvalue weighted by atomic mass is 16.3. The van der Waals surface area contributed by atoms with Crippen molar-refractivity contribution < 1.29 is 25.5 Å². The minimum atomic E-state index is -0.167. The Morgan fingerprint density at radius 3 is 0.300 bits per heavy atom. The molecular weight excluding hydrogens is 260 g/mol. The second-order valence-electron chi connectivity index (χ2n) is 5.47. The SMILES string of the molecule is CC(C)O.CC(C)O.CC(C)O.CC(C)O.CC(C)O. The Morgan fingerprint density at radius 1 is 0.300 bits per heavy atom. The first-order valence-corrected chi connectivity index (χ1v) is 7.06. The summed E-state index contributed by atoms with van der Waals surface area (Å²) in [4.78, 5) is 0. The van der Waals surface area contributed by atoms with Gasteiger partial charge in [-0.1, -0.05) is 0 Å². The predicted molar refractivity (Wildman–Crippen MR) is 86.8 cm³/mol. The monoisotopic (exact) mass is 300 g/mol. The molecule has 5 N–H and O–H groups in total. The van der Waals surface area contributed by atoms with Crippen LogP contribution in [0.5, 0.6) is 0 Å². The Kier molecular flexibility index (Phi) is 43.4. The van der Waals surface area contributed by atoms with E-state index in [-0.39, 0.29) is 30.5 Å². The molecule has 0 unspecified atom stereocenters. The molecule has 20 heavy (non-hydrogen) atoms. The van der Waals surface area contributed by atoms with E-state index in [0.29, 0.717) is 0 Å². The molecular formula is C15H40O5. The third kappa shape index (κ3) is 126000. The second kappa shape index (κ2) is 27.2. The van der Waals surface area contributed by atoms with Crippen LogP contribution < -0.4 is 0 Å². The third-order valence-electron chi connectivity index (χ3n) is 0. The molecule has 0 heterocycles. The molecule has 0 fully saturated rings. The highest BCUT2D eigenvalue weighted by molar-refractivity contribution is 4.22. The summed E-state index contributed by atoms with van der Waals surface area (Å²) in [6.07, 6.45) is -0.833. The average Bonchev–Trinajstić information content (AvgIpc) is 1.94. The van der Waals surface area contributed by atoms with Crippen LogP contribution in [-0.4, -0.2) is 56.1 Å². The topological polar surface area (TPSA) is 101 Å². The Hall–Kier alpha value is -0.200. The van der Waals surface area contributed by atoms with Crippen LogP contribution in [0.3, 0.4) is 0 Å². The van der Waals surface area contributed by atoms with E-state index in [9.17, 15) is 0 Å². The standard InChI is InChI=1S/5C3H8O/c5*1-3(2)4/h5*3-4H,1-2H3. The van der Waals surface area contributed by atoms with Crippen molar-refractivity contribution >= 4 is 0 Å². The number of hydrogen-bond acceptors (Lipinski definition) is 5. The molecule has 130 valence electrons. The molecule has 0 radical (unpaired) electrons. The van der Waals surface area contributed by atoms with Crippen molar-refractivity contribution in [1.29, 1.82) is 0 Å². The van der Waals surface area contributed by atoms with Gasteiger partial charge in [-0.3, -0.25) is 0 Å². The van der Waals surface area contributed by atoms with Crippen molar-refractivity contribution in [3.63, 3.8) is 0 Å². The maximum Gasteiger partial charge on any atom is 0.0483 e. The Morgan fingerprint density at radius 2 is 0.300 bits per heavy atom. The van der Waals surface area contributed by atoms with E-state index in [1.807, 2.05) is 0 Å². The number of aliphatic hydroxyl groups excluding tert-OH is 5. The summed E-state index contributed by atoms with van der Waals surface area (Å²) in [5.74, 6) is 0. The molecule has 0 spiro atoms. The van der Waals surface area contributed by atoms with Crippen molar-refractivity contribution in [1.82, 2.24) is 0 Å². The van der Waals surface area contributed by atoms with Crippen LogP contribution in [0.2, 0.25) is 0 Å². The summed E-state index contributed by atoms with van der Waals surface area (Å²) in [5.41, 5.74) is 0. The molecule has 0 saturated heterocycles. The highest BCUT2D eigenvalue weighted by Crippen LogP contribution is 1.66. The summed E-state index contributed by atoms with van der Waals surface area (Å²) in [6, 6.07) is 0. The molecule has 0 rings (SSSR count). The summed E-state index contributed by atoms with van der Waals surface area (Å²) in [6.45, 7) is 17.2. The second-order valence-corrected chi connectivity index (χ2v) is 5.47. The Bertz CT molecular complexity index is 74.8. The van der Waals surface area contributed by atoms with Gasteiger partial charge in [0.2, 0.25) is 0 Å². The predicted octanol–water partition coefficient (Wildman–Crippen LogP) is 1.94. The maximum atomic E-state index is 8.06. The van der Waals surface area contributed by atoms with Crippen LogP contribution in [0.1, 0.15) is 69.2 Å². The van der Waals surface area contributed by atoms with E-state index in [4.69, 9.17) is 25.5 Å². The van der Waals surface area contributed by atoms with Gasteiger partial charge in [-0.15, -0.1) is 0 Å². The lowest BCUT2D eigenvalue weighted by Crippen LogP contribution is -1.85. The molecule has 0 atom stereocenters. The van der Waals surface area contributed by atoms with E-state index in [2.05, 4.69) is 0 Å². The van der Waals surface area contributed by atoms with Gasteiger partial charge in [0.25, 0.3) is 0 Å². The Labute approximate surface area is 126 Å². The van der Waals surface area contributed by atoms with Crippen LogP contribution in [0, 0.1) is 0 Å². The molecule has 0 aromatic carbocycles. The summed E-state index contributed by atoms with van der Waals surface area (Å²) in [5, 5.41) is 40.3. The van der Waals surface area contributed by atoms with Gasteiger partial charge in [0.05, 0.1) is 0 Å². The zero-order valence-electron chi connectivity index (χ0n) is 15.1. The van der Waals surface area contributed by atoms with E-state index >= 15 is 0 Å². The fourth-order valence-electron chi connectivity index (χ4n) is 0. The fourth-order valence-corrected chi connectivity index (χ4v) is 0. The average molecular weight is 300 g/mol.